The van der Waals surface area contributed by atoms with Gasteiger partial charge in [0.2, 0.25) is 11.8 Å². The molecule has 5 rings (SSSR count). The van der Waals surface area contributed by atoms with Crippen LogP contribution in [0.1, 0.15) is 54.7 Å². The van der Waals surface area contributed by atoms with E-state index in [0.29, 0.717) is 13.1 Å². The Morgan fingerprint density at radius 3 is 2.51 bits per heavy atom. The van der Waals surface area contributed by atoms with Crippen LogP contribution in [0.4, 0.5) is 4.48 Å². The van der Waals surface area contributed by atoms with Gasteiger partial charge < -0.3 is 14.8 Å². The molecule has 2 heterocycles. The third-order valence-corrected chi connectivity index (χ3v) is 8.27. The van der Waals surface area contributed by atoms with Gasteiger partial charge in [-0.15, -0.1) is 10.0 Å². The fourth-order valence-electron chi connectivity index (χ4n) is 6.26. The van der Waals surface area contributed by atoms with E-state index in [-0.39, 0.29) is 29.1 Å². The van der Waals surface area contributed by atoms with Gasteiger partial charge in [0.05, 0.1) is 5.92 Å². The Bertz CT molecular complexity index is 1240. The van der Waals surface area contributed by atoms with Crippen molar-refractivity contribution in [2.75, 3.05) is 27.2 Å². The molecule has 1 fully saturated rings. The molecule has 2 aromatic carbocycles. The summed E-state index contributed by atoms with van der Waals surface area (Å²) in [6.07, 6.45) is 4.18. The van der Waals surface area contributed by atoms with E-state index in [9.17, 15) is 14.1 Å². The molecule has 3 atom stereocenters. The molecule has 2 unspecified atom stereocenters. The van der Waals surface area contributed by atoms with E-state index >= 15 is 0 Å². The molecule has 3 aromatic rings. The largest absolute Gasteiger partial charge is 0.361 e. The van der Waals surface area contributed by atoms with Crippen molar-refractivity contribution in [3.8, 4) is 0 Å². The van der Waals surface area contributed by atoms with Crippen LogP contribution in [-0.2, 0) is 15.0 Å². The standard InChI is InChI=1S/C28H33FN4O2/c1-18(22-17-30-24-11-7-5-9-20(22)24)25(31-29)27(35)33-14-12-28(13-15-33)16-21(26(34)32(2)3)19-8-4-6-10-23(19)28/h4-11,17-18,21,25,30-31H,12-16H2,1-3H3/t18?,21-,25?/m1/s1. The first-order valence-electron chi connectivity index (χ1n) is 12.4. The van der Waals surface area contributed by atoms with Crippen LogP contribution in [0.15, 0.2) is 54.7 Å². The number of piperidine rings is 1. The minimum absolute atomic E-state index is 0.120. The smallest absolute Gasteiger partial charge is 0.242 e. The lowest BCUT2D eigenvalue weighted by Gasteiger charge is -2.41. The number of para-hydroxylation sites is 1. The summed E-state index contributed by atoms with van der Waals surface area (Å²) in [6, 6.07) is 15.1. The number of rotatable bonds is 5. The number of benzene rings is 2. The number of nitrogens with zero attached hydrogens (tertiary/aromatic N) is 2. The van der Waals surface area contributed by atoms with Gasteiger partial charge in [-0.2, -0.15) is 0 Å². The minimum atomic E-state index is -0.956. The molecule has 6 nitrogen and oxygen atoms in total. The van der Waals surface area contributed by atoms with Crippen LogP contribution in [0.25, 0.3) is 10.9 Å². The molecule has 2 amide bonds. The fourth-order valence-corrected chi connectivity index (χ4v) is 6.26. The quantitative estimate of drug-likeness (QED) is 0.541. The second-order valence-corrected chi connectivity index (χ2v) is 10.3. The summed E-state index contributed by atoms with van der Waals surface area (Å²) in [5.41, 5.74) is 5.93. The summed E-state index contributed by atoms with van der Waals surface area (Å²) in [7, 11) is 3.60. The van der Waals surface area contributed by atoms with Crippen LogP contribution in [-0.4, -0.2) is 59.8 Å². The van der Waals surface area contributed by atoms with Gasteiger partial charge in [0.25, 0.3) is 0 Å². The van der Waals surface area contributed by atoms with Gasteiger partial charge in [0.15, 0.2) is 0 Å². The number of aromatic nitrogens is 1. The van der Waals surface area contributed by atoms with Crippen molar-refractivity contribution in [1.82, 2.24) is 20.3 Å². The van der Waals surface area contributed by atoms with Gasteiger partial charge in [-0.3, -0.25) is 9.59 Å². The SMILES string of the molecule is CC(c1c[nH]c2ccccc12)C(NF)C(=O)N1CCC2(CC1)C[C@@H](C(=O)N(C)C)c1ccccc12. The molecule has 0 saturated carbocycles. The second kappa shape index (κ2) is 9.11. The number of amides is 2. The zero-order valence-corrected chi connectivity index (χ0v) is 20.6. The summed E-state index contributed by atoms with van der Waals surface area (Å²) < 4.78 is 14.1. The summed E-state index contributed by atoms with van der Waals surface area (Å²) in [6.45, 7) is 2.99. The topological polar surface area (TPSA) is 68.4 Å². The van der Waals surface area contributed by atoms with Crippen molar-refractivity contribution in [1.29, 1.82) is 0 Å². The zero-order valence-electron chi connectivity index (χ0n) is 20.6. The maximum Gasteiger partial charge on any atom is 0.242 e. The first-order chi connectivity index (χ1) is 16.9. The number of carbonyl (C=O) groups is 2. The molecule has 7 heteroatoms. The Balaban J connectivity index is 1.33. The number of nitrogens with one attached hydrogen (secondary N) is 2. The van der Waals surface area contributed by atoms with Crippen LogP contribution in [0.3, 0.4) is 0 Å². The van der Waals surface area contributed by atoms with Crippen LogP contribution in [0.5, 0.6) is 0 Å². The molecule has 35 heavy (non-hydrogen) atoms. The molecule has 2 N–H and O–H groups in total. The number of H-pyrrole nitrogens is 1. The Morgan fingerprint density at radius 2 is 1.80 bits per heavy atom. The molecule has 0 radical (unpaired) electrons. The minimum Gasteiger partial charge on any atom is -0.361 e. The fraction of sp³-hybridized carbons (Fsp3) is 0.429. The van der Waals surface area contributed by atoms with Crippen molar-refractivity contribution in [2.24, 2.45) is 0 Å². The summed E-state index contributed by atoms with van der Waals surface area (Å²) in [5, 5.41) is 1.00. The molecule has 1 aromatic heterocycles. The summed E-state index contributed by atoms with van der Waals surface area (Å²) in [5.74, 6) is -0.575. The van der Waals surface area contributed by atoms with Gasteiger partial charge in [0.1, 0.15) is 6.04 Å². The highest BCUT2D eigenvalue weighted by Crippen LogP contribution is 2.52. The van der Waals surface area contributed by atoms with Gasteiger partial charge >= 0.3 is 0 Å². The number of hydrogen-bond acceptors (Lipinski definition) is 3. The zero-order chi connectivity index (χ0) is 24.7. The van der Waals surface area contributed by atoms with E-state index in [4.69, 9.17) is 0 Å². The van der Waals surface area contributed by atoms with E-state index in [1.807, 2.05) is 55.1 Å². The third kappa shape index (κ3) is 3.92. The molecule has 0 bridgehead atoms. The average Bonchev–Trinajstić information content (AvgIpc) is 3.44. The van der Waals surface area contributed by atoms with E-state index in [1.54, 1.807) is 23.9 Å². The normalized spacial score (nSPS) is 20.6. The molecule has 1 aliphatic carbocycles. The van der Waals surface area contributed by atoms with E-state index in [0.717, 1.165) is 41.3 Å². The number of hydrogen-bond donors (Lipinski definition) is 2. The Labute approximate surface area is 205 Å². The number of likely N-dealkylation sites (N-methyl/N-ethyl adjacent to an activating group) is 1. The van der Waals surface area contributed by atoms with Gasteiger partial charge in [0, 0.05) is 55.6 Å². The molecule has 1 saturated heterocycles. The van der Waals surface area contributed by atoms with Crippen molar-refractivity contribution < 1.29 is 14.1 Å². The highest BCUT2D eigenvalue weighted by molar-refractivity contribution is 5.88. The monoisotopic (exact) mass is 476 g/mol. The lowest BCUT2D eigenvalue weighted by atomic mass is 9.73. The second-order valence-electron chi connectivity index (χ2n) is 10.3. The van der Waals surface area contributed by atoms with Gasteiger partial charge in [-0.1, -0.05) is 49.4 Å². The van der Waals surface area contributed by atoms with Gasteiger partial charge in [-0.25, -0.2) is 0 Å². The molecule has 184 valence electrons. The van der Waals surface area contributed by atoms with Crippen LogP contribution in [0.2, 0.25) is 0 Å². The average molecular weight is 477 g/mol. The number of fused-ring (bicyclic) bond motifs is 3. The molecular formula is C28H33FN4O2. The number of carbonyl (C=O) groups excluding carboxylic acids is 2. The predicted molar refractivity (Wildman–Crippen MR) is 135 cm³/mol. The Hall–Kier alpha value is -3.19. The molecule has 1 spiro atoms. The first kappa shape index (κ1) is 23.5. The van der Waals surface area contributed by atoms with E-state index < -0.39 is 6.04 Å². The van der Waals surface area contributed by atoms with Gasteiger partial charge in [-0.05, 0) is 42.0 Å². The van der Waals surface area contributed by atoms with Crippen LogP contribution >= 0.6 is 0 Å². The van der Waals surface area contributed by atoms with Crippen LogP contribution < -0.4 is 5.54 Å². The van der Waals surface area contributed by atoms with E-state index in [1.165, 1.54) is 5.56 Å². The molecule has 1 aliphatic heterocycles. The summed E-state index contributed by atoms with van der Waals surface area (Å²) >= 11 is 0. The lowest BCUT2D eigenvalue weighted by molar-refractivity contribution is -0.137. The Morgan fingerprint density at radius 1 is 1.11 bits per heavy atom. The van der Waals surface area contributed by atoms with Crippen molar-refractivity contribution in [3.05, 3.63) is 71.4 Å². The first-order valence-corrected chi connectivity index (χ1v) is 12.4. The number of likely N-dealkylation sites (tertiary alicyclic amines) is 1. The highest BCUT2D eigenvalue weighted by atomic mass is 19.2. The lowest BCUT2D eigenvalue weighted by Crippen LogP contribution is -2.51. The van der Waals surface area contributed by atoms with Crippen molar-refractivity contribution >= 4 is 22.7 Å². The number of aromatic amines is 1. The highest BCUT2D eigenvalue weighted by Gasteiger charge is 2.48. The van der Waals surface area contributed by atoms with Crippen molar-refractivity contribution in [2.45, 2.75) is 49.5 Å². The maximum atomic E-state index is 14.1. The van der Waals surface area contributed by atoms with Crippen molar-refractivity contribution in [3.63, 3.8) is 0 Å². The predicted octanol–water partition coefficient (Wildman–Crippen LogP) is 4.25. The number of halogens is 1. The Kier molecular flexibility index (Phi) is 6.13. The molecular weight excluding hydrogens is 443 g/mol. The third-order valence-electron chi connectivity index (χ3n) is 8.27. The van der Waals surface area contributed by atoms with E-state index in [2.05, 4.69) is 17.1 Å². The maximum absolute atomic E-state index is 14.1. The molecule has 2 aliphatic rings. The summed E-state index contributed by atoms with van der Waals surface area (Å²) in [4.78, 5) is 33.1. The van der Waals surface area contributed by atoms with Crippen LogP contribution in [0, 0.1) is 0 Å².